The Labute approximate surface area is 112 Å². The number of aromatic nitrogens is 2. The fourth-order valence-electron chi connectivity index (χ4n) is 1.93. The Kier molecular flexibility index (Phi) is 2.74. The van der Waals surface area contributed by atoms with Gasteiger partial charge in [-0.2, -0.15) is 0 Å². The average molecular weight is 309 g/mol. The molecule has 0 aliphatic heterocycles. The number of carbonyl (C=O) groups is 1. The molecule has 1 amide bonds. The Morgan fingerprint density at radius 2 is 2.33 bits per heavy atom. The molecule has 0 bridgehead atoms. The van der Waals surface area contributed by atoms with Crippen LogP contribution >= 0.6 is 15.9 Å². The Bertz CT molecular complexity index is 618. The standard InChI is InChI=1S/C12H13BrN4O/c13-7-1-4-10-9(5-7)16-12(14)17(10)6-11(18)15-8-2-3-8/h1,4-5,8H,2-3,6H2,(H2,14,16)(H,15,18). The highest BCUT2D eigenvalue weighted by Crippen LogP contribution is 2.22. The van der Waals surface area contributed by atoms with Crippen LogP contribution in [0.15, 0.2) is 22.7 Å². The number of imidazole rings is 1. The molecule has 94 valence electrons. The first kappa shape index (κ1) is 11.5. The molecule has 1 saturated carbocycles. The first-order chi connectivity index (χ1) is 8.63. The Morgan fingerprint density at radius 3 is 3.06 bits per heavy atom. The second-order valence-electron chi connectivity index (χ2n) is 4.53. The van der Waals surface area contributed by atoms with Crippen LogP contribution in [0.1, 0.15) is 12.8 Å². The summed E-state index contributed by atoms with van der Waals surface area (Å²) >= 11 is 3.39. The molecular weight excluding hydrogens is 296 g/mol. The second-order valence-corrected chi connectivity index (χ2v) is 5.45. The van der Waals surface area contributed by atoms with Crippen LogP contribution in [-0.4, -0.2) is 21.5 Å². The molecule has 5 nitrogen and oxygen atoms in total. The van der Waals surface area contributed by atoms with Gasteiger partial charge in [0, 0.05) is 10.5 Å². The summed E-state index contributed by atoms with van der Waals surface area (Å²) in [6.45, 7) is 0.223. The van der Waals surface area contributed by atoms with Crippen LogP contribution in [-0.2, 0) is 11.3 Å². The number of hydrogen-bond acceptors (Lipinski definition) is 3. The predicted molar refractivity (Wildman–Crippen MR) is 73.0 cm³/mol. The number of halogens is 1. The lowest BCUT2D eigenvalue weighted by Crippen LogP contribution is -2.29. The molecule has 6 heteroatoms. The van der Waals surface area contributed by atoms with Crippen molar-refractivity contribution >= 4 is 38.8 Å². The van der Waals surface area contributed by atoms with Gasteiger partial charge in [0.2, 0.25) is 11.9 Å². The zero-order chi connectivity index (χ0) is 12.7. The van der Waals surface area contributed by atoms with Gasteiger partial charge in [-0.3, -0.25) is 4.79 Å². The number of anilines is 1. The number of benzene rings is 1. The fraction of sp³-hybridized carbons (Fsp3) is 0.333. The second kappa shape index (κ2) is 4.28. The van der Waals surface area contributed by atoms with Gasteiger partial charge >= 0.3 is 0 Å². The molecule has 1 aromatic heterocycles. The summed E-state index contributed by atoms with van der Waals surface area (Å²) < 4.78 is 2.68. The van der Waals surface area contributed by atoms with Gasteiger partial charge in [-0.15, -0.1) is 0 Å². The molecule has 0 unspecified atom stereocenters. The van der Waals surface area contributed by atoms with E-state index in [0.29, 0.717) is 12.0 Å². The molecule has 1 aliphatic rings. The van der Waals surface area contributed by atoms with E-state index in [4.69, 9.17) is 5.73 Å². The maximum absolute atomic E-state index is 11.8. The highest BCUT2D eigenvalue weighted by Gasteiger charge is 2.23. The number of nitrogens with one attached hydrogen (secondary N) is 1. The number of nitrogens with zero attached hydrogens (tertiary/aromatic N) is 2. The Balaban J connectivity index is 1.90. The average Bonchev–Trinajstić information content (AvgIpc) is 3.05. The molecule has 3 rings (SSSR count). The van der Waals surface area contributed by atoms with E-state index in [0.717, 1.165) is 28.3 Å². The van der Waals surface area contributed by atoms with Crippen LogP contribution in [0.25, 0.3) is 11.0 Å². The number of carbonyl (C=O) groups excluding carboxylic acids is 1. The summed E-state index contributed by atoms with van der Waals surface area (Å²) in [4.78, 5) is 16.1. The third kappa shape index (κ3) is 2.20. The van der Waals surface area contributed by atoms with Gasteiger partial charge in [-0.25, -0.2) is 4.98 Å². The van der Waals surface area contributed by atoms with Crippen LogP contribution in [0.5, 0.6) is 0 Å². The van der Waals surface area contributed by atoms with Gasteiger partial charge in [0.15, 0.2) is 0 Å². The molecule has 1 aromatic carbocycles. The summed E-state index contributed by atoms with van der Waals surface area (Å²) in [7, 11) is 0. The maximum Gasteiger partial charge on any atom is 0.240 e. The summed E-state index contributed by atoms with van der Waals surface area (Å²) in [5.74, 6) is 0.362. The van der Waals surface area contributed by atoms with Gasteiger partial charge in [-0.1, -0.05) is 15.9 Å². The topological polar surface area (TPSA) is 72.9 Å². The smallest absolute Gasteiger partial charge is 0.240 e. The van der Waals surface area contributed by atoms with Crippen molar-refractivity contribution in [2.24, 2.45) is 0 Å². The first-order valence-electron chi connectivity index (χ1n) is 5.84. The van der Waals surface area contributed by atoms with E-state index in [1.807, 2.05) is 18.2 Å². The molecule has 18 heavy (non-hydrogen) atoms. The van der Waals surface area contributed by atoms with Gasteiger partial charge in [0.25, 0.3) is 0 Å². The third-order valence-electron chi connectivity index (χ3n) is 2.98. The lowest BCUT2D eigenvalue weighted by Gasteiger charge is -2.06. The van der Waals surface area contributed by atoms with E-state index in [1.54, 1.807) is 4.57 Å². The van der Waals surface area contributed by atoms with E-state index in [9.17, 15) is 4.79 Å². The van der Waals surface area contributed by atoms with Crippen molar-refractivity contribution in [2.45, 2.75) is 25.4 Å². The van der Waals surface area contributed by atoms with Crippen molar-refractivity contribution in [1.82, 2.24) is 14.9 Å². The SMILES string of the molecule is Nc1nc2cc(Br)ccc2n1CC(=O)NC1CC1. The normalized spacial score (nSPS) is 14.9. The number of fused-ring (bicyclic) bond motifs is 1. The van der Waals surface area contributed by atoms with Crippen molar-refractivity contribution in [2.75, 3.05) is 5.73 Å². The zero-order valence-corrected chi connectivity index (χ0v) is 11.3. The molecule has 1 aliphatic carbocycles. The van der Waals surface area contributed by atoms with Crippen LogP contribution in [0.4, 0.5) is 5.95 Å². The molecule has 1 fully saturated rings. The van der Waals surface area contributed by atoms with Crippen molar-refractivity contribution in [3.05, 3.63) is 22.7 Å². The number of rotatable bonds is 3. The Morgan fingerprint density at radius 1 is 1.56 bits per heavy atom. The molecular formula is C12H13BrN4O. The van der Waals surface area contributed by atoms with E-state index < -0.39 is 0 Å². The molecule has 1 heterocycles. The zero-order valence-electron chi connectivity index (χ0n) is 9.69. The van der Waals surface area contributed by atoms with Crippen LogP contribution in [0, 0.1) is 0 Å². The molecule has 0 spiro atoms. The highest BCUT2D eigenvalue weighted by molar-refractivity contribution is 9.10. The monoisotopic (exact) mass is 308 g/mol. The number of amides is 1. The van der Waals surface area contributed by atoms with Crippen molar-refractivity contribution in [3.8, 4) is 0 Å². The third-order valence-corrected chi connectivity index (χ3v) is 3.48. The minimum atomic E-state index is -0.00795. The maximum atomic E-state index is 11.8. The number of nitrogen functional groups attached to an aromatic ring is 1. The molecule has 2 aromatic rings. The molecule has 3 N–H and O–H groups in total. The lowest BCUT2D eigenvalue weighted by atomic mass is 10.3. The lowest BCUT2D eigenvalue weighted by molar-refractivity contribution is -0.121. The van der Waals surface area contributed by atoms with Crippen LogP contribution in [0.2, 0.25) is 0 Å². The minimum Gasteiger partial charge on any atom is -0.369 e. The van der Waals surface area contributed by atoms with Gasteiger partial charge in [-0.05, 0) is 31.0 Å². The molecule has 0 atom stereocenters. The van der Waals surface area contributed by atoms with Crippen molar-refractivity contribution in [3.63, 3.8) is 0 Å². The van der Waals surface area contributed by atoms with Crippen LogP contribution in [0.3, 0.4) is 0 Å². The first-order valence-corrected chi connectivity index (χ1v) is 6.63. The highest BCUT2D eigenvalue weighted by atomic mass is 79.9. The molecule has 0 radical (unpaired) electrons. The van der Waals surface area contributed by atoms with Crippen molar-refractivity contribution < 1.29 is 4.79 Å². The summed E-state index contributed by atoms with van der Waals surface area (Å²) in [5.41, 5.74) is 7.52. The molecule has 0 saturated heterocycles. The Hall–Kier alpha value is -1.56. The van der Waals surface area contributed by atoms with E-state index in [-0.39, 0.29) is 12.5 Å². The van der Waals surface area contributed by atoms with E-state index in [1.165, 1.54) is 0 Å². The van der Waals surface area contributed by atoms with E-state index >= 15 is 0 Å². The number of hydrogen-bond donors (Lipinski definition) is 2. The number of nitrogens with two attached hydrogens (primary N) is 1. The quantitative estimate of drug-likeness (QED) is 0.905. The fourth-order valence-corrected chi connectivity index (χ4v) is 2.28. The summed E-state index contributed by atoms with van der Waals surface area (Å²) in [6, 6.07) is 6.08. The van der Waals surface area contributed by atoms with E-state index in [2.05, 4.69) is 26.2 Å². The van der Waals surface area contributed by atoms with Crippen molar-refractivity contribution in [1.29, 1.82) is 0 Å². The van der Waals surface area contributed by atoms with Gasteiger partial charge < -0.3 is 15.6 Å². The van der Waals surface area contributed by atoms with Gasteiger partial charge in [0.1, 0.15) is 6.54 Å². The summed E-state index contributed by atoms with van der Waals surface area (Å²) in [5, 5.41) is 2.94. The van der Waals surface area contributed by atoms with Gasteiger partial charge in [0.05, 0.1) is 11.0 Å². The largest absolute Gasteiger partial charge is 0.369 e. The van der Waals surface area contributed by atoms with Crippen LogP contribution < -0.4 is 11.1 Å². The minimum absolute atomic E-state index is 0.00795. The predicted octanol–water partition coefficient (Wildman–Crippen LogP) is 1.66. The summed E-state index contributed by atoms with van der Waals surface area (Å²) in [6.07, 6.45) is 2.16.